The molecule has 0 atom stereocenters. The maximum absolute atomic E-state index is 4.94. The zero-order valence-corrected chi connectivity index (χ0v) is 5.70. The maximum Gasteiger partial charge on any atom is 0.0466 e. The van der Waals surface area contributed by atoms with Crippen LogP contribution in [0.1, 0.15) is 12.8 Å². The van der Waals surface area contributed by atoms with Crippen molar-refractivity contribution in [2.75, 3.05) is 13.2 Å². The Morgan fingerprint density at radius 2 is 1.50 bits per heavy atom. The standard InChI is InChI=1S/C4H8O.Au/c1-2-4-5-3-1;/h1-4H2;. The second-order valence-electron chi connectivity index (χ2n) is 1.32. The summed E-state index contributed by atoms with van der Waals surface area (Å²) in [6, 6.07) is 0. The van der Waals surface area contributed by atoms with E-state index >= 15 is 0 Å². The molecule has 0 aromatic rings. The Morgan fingerprint density at radius 1 is 1.00 bits per heavy atom. The minimum Gasteiger partial charge on any atom is -0.381 e. The summed E-state index contributed by atoms with van der Waals surface area (Å²) in [5.41, 5.74) is 0. The molecule has 41 valence electrons. The summed E-state index contributed by atoms with van der Waals surface area (Å²) < 4.78 is 4.94. The first-order valence-corrected chi connectivity index (χ1v) is 2.08. The molecule has 1 heterocycles. The molecule has 1 aliphatic heterocycles. The van der Waals surface area contributed by atoms with Gasteiger partial charge < -0.3 is 4.74 Å². The van der Waals surface area contributed by atoms with E-state index in [2.05, 4.69) is 0 Å². The summed E-state index contributed by atoms with van der Waals surface area (Å²) >= 11 is 0. The van der Waals surface area contributed by atoms with Crippen molar-refractivity contribution < 1.29 is 27.1 Å². The van der Waals surface area contributed by atoms with Crippen LogP contribution in [0.4, 0.5) is 0 Å². The van der Waals surface area contributed by atoms with Crippen LogP contribution in [0.5, 0.6) is 0 Å². The summed E-state index contributed by atoms with van der Waals surface area (Å²) in [6.45, 7) is 2.00. The molecular formula is C4H8AuO. The maximum atomic E-state index is 4.94. The first kappa shape index (κ1) is 6.70. The molecule has 6 heavy (non-hydrogen) atoms. The topological polar surface area (TPSA) is 9.23 Å². The van der Waals surface area contributed by atoms with E-state index in [-0.39, 0.29) is 22.4 Å². The third-order valence-electron chi connectivity index (χ3n) is 0.827. The van der Waals surface area contributed by atoms with Crippen LogP contribution in [0.25, 0.3) is 0 Å². The van der Waals surface area contributed by atoms with E-state index in [0.717, 1.165) is 13.2 Å². The van der Waals surface area contributed by atoms with Crippen molar-refractivity contribution in [1.82, 2.24) is 0 Å². The molecule has 0 N–H and O–H groups in total. The fourth-order valence-corrected chi connectivity index (χ4v) is 0.510. The molecule has 1 aliphatic rings. The van der Waals surface area contributed by atoms with Gasteiger partial charge >= 0.3 is 0 Å². The van der Waals surface area contributed by atoms with Crippen molar-refractivity contribution in [3.63, 3.8) is 0 Å². The van der Waals surface area contributed by atoms with E-state index < -0.39 is 0 Å². The molecule has 0 aromatic heterocycles. The summed E-state index contributed by atoms with van der Waals surface area (Å²) in [6.07, 6.45) is 2.56. The van der Waals surface area contributed by atoms with E-state index in [9.17, 15) is 0 Å². The Morgan fingerprint density at radius 3 is 1.67 bits per heavy atom. The fraction of sp³-hybridized carbons (Fsp3) is 1.00. The molecule has 1 fully saturated rings. The molecule has 0 aromatic carbocycles. The van der Waals surface area contributed by atoms with Gasteiger partial charge in [0.25, 0.3) is 0 Å². The van der Waals surface area contributed by atoms with Crippen LogP contribution in [0.2, 0.25) is 0 Å². The minimum absolute atomic E-state index is 0. The normalized spacial score (nSPS) is 20.0. The van der Waals surface area contributed by atoms with Gasteiger partial charge in [-0.05, 0) is 12.8 Å². The van der Waals surface area contributed by atoms with Crippen molar-refractivity contribution >= 4 is 0 Å². The molecule has 1 rings (SSSR count). The summed E-state index contributed by atoms with van der Waals surface area (Å²) in [5.74, 6) is 0. The molecule has 0 saturated carbocycles. The van der Waals surface area contributed by atoms with Gasteiger partial charge in [-0.15, -0.1) is 0 Å². The van der Waals surface area contributed by atoms with Crippen molar-refractivity contribution in [1.29, 1.82) is 0 Å². The molecule has 0 bridgehead atoms. The Kier molecular flexibility index (Phi) is 4.33. The first-order valence-electron chi connectivity index (χ1n) is 2.08. The van der Waals surface area contributed by atoms with Gasteiger partial charge in [-0.3, -0.25) is 0 Å². The van der Waals surface area contributed by atoms with Gasteiger partial charge in [-0.25, -0.2) is 0 Å². The number of ether oxygens (including phenoxy) is 1. The van der Waals surface area contributed by atoms with Crippen molar-refractivity contribution in [2.24, 2.45) is 0 Å². The zero-order valence-electron chi connectivity index (χ0n) is 3.54. The van der Waals surface area contributed by atoms with E-state index in [1.807, 2.05) is 0 Å². The molecule has 0 aliphatic carbocycles. The summed E-state index contributed by atoms with van der Waals surface area (Å²) in [7, 11) is 0. The first-order chi connectivity index (χ1) is 2.50. The number of hydrogen-bond donors (Lipinski definition) is 0. The van der Waals surface area contributed by atoms with Crippen LogP contribution in [-0.4, -0.2) is 13.2 Å². The van der Waals surface area contributed by atoms with Crippen molar-refractivity contribution in [3.8, 4) is 0 Å². The van der Waals surface area contributed by atoms with Crippen LogP contribution in [0.3, 0.4) is 0 Å². The molecule has 0 amide bonds. The Hall–Kier alpha value is 0.700. The zero-order chi connectivity index (χ0) is 3.54. The van der Waals surface area contributed by atoms with Crippen LogP contribution < -0.4 is 0 Å². The van der Waals surface area contributed by atoms with Crippen molar-refractivity contribution in [3.05, 3.63) is 0 Å². The predicted molar refractivity (Wildman–Crippen MR) is 20.1 cm³/mol. The molecular weight excluding hydrogens is 261 g/mol. The van der Waals surface area contributed by atoms with Crippen LogP contribution >= 0.6 is 0 Å². The molecule has 0 unspecified atom stereocenters. The van der Waals surface area contributed by atoms with Gasteiger partial charge in [-0.2, -0.15) is 0 Å². The largest absolute Gasteiger partial charge is 0.381 e. The second kappa shape index (κ2) is 3.88. The number of hydrogen-bond acceptors (Lipinski definition) is 1. The SMILES string of the molecule is C1CCOC1.[Au]. The molecule has 2 heteroatoms. The number of rotatable bonds is 0. The average Bonchev–Trinajstić information content (AvgIpc) is 1.76. The van der Waals surface area contributed by atoms with Crippen LogP contribution in [0, 0.1) is 0 Å². The van der Waals surface area contributed by atoms with Gasteiger partial charge in [0.15, 0.2) is 0 Å². The molecule has 1 saturated heterocycles. The van der Waals surface area contributed by atoms with Gasteiger partial charge in [0.05, 0.1) is 0 Å². The third-order valence-corrected chi connectivity index (χ3v) is 0.827. The Bertz CT molecular complexity index is 19.1. The van der Waals surface area contributed by atoms with Gasteiger partial charge in [0.1, 0.15) is 0 Å². The van der Waals surface area contributed by atoms with E-state index in [1.54, 1.807) is 0 Å². The van der Waals surface area contributed by atoms with Crippen LogP contribution in [0.15, 0.2) is 0 Å². The summed E-state index contributed by atoms with van der Waals surface area (Å²) in [5, 5.41) is 0. The van der Waals surface area contributed by atoms with Gasteiger partial charge in [-0.1, -0.05) is 0 Å². The van der Waals surface area contributed by atoms with Gasteiger partial charge in [0.2, 0.25) is 0 Å². The molecule has 0 spiro atoms. The average molecular weight is 269 g/mol. The quantitative estimate of drug-likeness (QED) is 0.591. The smallest absolute Gasteiger partial charge is 0.0466 e. The summed E-state index contributed by atoms with van der Waals surface area (Å²) in [4.78, 5) is 0. The minimum atomic E-state index is 0. The van der Waals surface area contributed by atoms with Gasteiger partial charge in [0, 0.05) is 35.6 Å². The monoisotopic (exact) mass is 269 g/mol. The Labute approximate surface area is 53.6 Å². The van der Waals surface area contributed by atoms with E-state index in [1.165, 1.54) is 12.8 Å². The van der Waals surface area contributed by atoms with E-state index in [4.69, 9.17) is 4.74 Å². The van der Waals surface area contributed by atoms with Crippen molar-refractivity contribution in [2.45, 2.75) is 12.8 Å². The predicted octanol–water partition coefficient (Wildman–Crippen LogP) is 0.794. The molecule has 1 nitrogen and oxygen atoms in total. The fourth-order valence-electron chi connectivity index (χ4n) is 0.510. The molecule has 1 radical (unpaired) electrons. The Balaban J connectivity index is 0.000000250. The van der Waals surface area contributed by atoms with E-state index in [0.29, 0.717) is 0 Å². The third kappa shape index (κ3) is 1.98. The second-order valence-corrected chi connectivity index (χ2v) is 1.32. The van der Waals surface area contributed by atoms with Crippen LogP contribution in [-0.2, 0) is 27.1 Å².